The molecule has 1 aliphatic heterocycles. The Morgan fingerprint density at radius 3 is 2.57 bits per heavy atom. The largest absolute Gasteiger partial charge is 0.480 e. The number of alkyl halides is 3. The molecule has 1 aliphatic rings. The summed E-state index contributed by atoms with van der Waals surface area (Å²) in [5.41, 5.74) is -4.62. The van der Waals surface area contributed by atoms with Gasteiger partial charge in [-0.1, -0.05) is 12.1 Å². The van der Waals surface area contributed by atoms with Crippen LogP contribution >= 0.6 is 11.8 Å². The van der Waals surface area contributed by atoms with E-state index in [0.717, 1.165) is 4.90 Å². The number of benzene rings is 1. The zero-order chi connectivity index (χ0) is 15.6. The number of carboxylic acids is 1. The summed E-state index contributed by atoms with van der Waals surface area (Å²) in [6, 6.07) is 4.38. The number of nitrogens with zero attached hydrogens (tertiary/aromatic N) is 1. The maximum Gasteiger partial charge on any atom is 0.446 e. The van der Waals surface area contributed by atoms with Gasteiger partial charge in [-0.25, -0.2) is 4.79 Å². The highest BCUT2D eigenvalue weighted by atomic mass is 32.2. The predicted octanol–water partition coefficient (Wildman–Crippen LogP) is 2.99. The fourth-order valence-corrected chi connectivity index (χ4v) is 2.94. The van der Waals surface area contributed by atoms with Gasteiger partial charge in [0, 0.05) is 11.4 Å². The van der Waals surface area contributed by atoms with Gasteiger partial charge < -0.3 is 10.0 Å². The molecule has 1 aromatic carbocycles. The Kier molecular flexibility index (Phi) is 4.46. The summed E-state index contributed by atoms with van der Waals surface area (Å²) < 4.78 is 37.5. The molecule has 0 aliphatic carbocycles. The van der Waals surface area contributed by atoms with Crippen LogP contribution in [-0.2, 0) is 4.79 Å². The lowest BCUT2D eigenvalue weighted by Crippen LogP contribution is -2.40. The first kappa shape index (κ1) is 15.7. The first-order valence-electron chi connectivity index (χ1n) is 6.18. The molecule has 0 saturated carbocycles. The van der Waals surface area contributed by atoms with Crippen LogP contribution in [0.15, 0.2) is 29.2 Å². The zero-order valence-corrected chi connectivity index (χ0v) is 11.6. The fourth-order valence-electron chi connectivity index (χ4n) is 2.28. The molecule has 1 amide bonds. The summed E-state index contributed by atoms with van der Waals surface area (Å²) in [5, 5.41) is 9.06. The molecule has 0 spiro atoms. The average molecular weight is 319 g/mol. The SMILES string of the molecule is O=C(O)[C@H]1CCCN1C(=O)c1ccccc1SC(F)(F)F. The van der Waals surface area contributed by atoms with E-state index in [-0.39, 0.29) is 28.8 Å². The van der Waals surface area contributed by atoms with E-state index in [1.54, 1.807) is 0 Å². The molecule has 1 heterocycles. The number of carboxylic acid groups (broad SMARTS) is 1. The van der Waals surface area contributed by atoms with Gasteiger partial charge in [0.15, 0.2) is 0 Å². The van der Waals surface area contributed by atoms with Crippen molar-refractivity contribution >= 4 is 23.6 Å². The predicted molar refractivity (Wildman–Crippen MR) is 70.0 cm³/mol. The minimum Gasteiger partial charge on any atom is -0.480 e. The monoisotopic (exact) mass is 319 g/mol. The zero-order valence-electron chi connectivity index (χ0n) is 10.8. The van der Waals surface area contributed by atoms with E-state index in [1.807, 2.05) is 0 Å². The topological polar surface area (TPSA) is 57.6 Å². The van der Waals surface area contributed by atoms with Crippen molar-refractivity contribution in [2.24, 2.45) is 0 Å². The summed E-state index contributed by atoms with van der Waals surface area (Å²) in [6.07, 6.45) is 0.840. The van der Waals surface area contributed by atoms with Crippen LogP contribution in [0.4, 0.5) is 13.2 Å². The Balaban J connectivity index is 2.29. The summed E-state index contributed by atoms with van der Waals surface area (Å²) in [6.45, 7) is 0.237. The van der Waals surface area contributed by atoms with Crippen molar-refractivity contribution < 1.29 is 27.9 Å². The summed E-state index contributed by atoms with van der Waals surface area (Å²) >= 11 is -0.371. The van der Waals surface area contributed by atoms with Gasteiger partial charge in [-0.05, 0) is 36.7 Å². The molecule has 114 valence electrons. The highest BCUT2D eigenvalue weighted by molar-refractivity contribution is 8.00. The number of likely N-dealkylation sites (tertiary alicyclic amines) is 1. The lowest BCUT2D eigenvalue weighted by molar-refractivity contribution is -0.141. The summed E-state index contributed by atoms with van der Waals surface area (Å²) in [5.74, 6) is -1.81. The van der Waals surface area contributed by atoms with Crippen LogP contribution in [-0.4, -0.2) is 40.0 Å². The van der Waals surface area contributed by atoms with E-state index in [1.165, 1.54) is 24.3 Å². The Bertz CT molecular complexity index is 562. The van der Waals surface area contributed by atoms with Crippen LogP contribution in [0.25, 0.3) is 0 Å². The van der Waals surface area contributed by atoms with Crippen molar-refractivity contribution in [1.29, 1.82) is 0 Å². The van der Waals surface area contributed by atoms with Crippen LogP contribution in [0.1, 0.15) is 23.2 Å². The molecule has 8 heteroatoms. The first-order chi connectivity index (χ1) is 9.79. The van der Waals surface area contributed by atoms with Crippen molar-refractivity contribution in [3.8, 4) is 0 Å². The molecular weight excluding hydrogens is 307 g/mol. The number of hydrogen-bond acceptors (Lipinski definition) is 3. The molecule has 1 aromatic rings. The lowest BCUT2D eigenvalue weighted by atomic mass is 10.1. The quantitative estimate of drug-likeness (QED) is 0.870. The van der Waals surface area contributed by atoms with Gasteiger partial charge in [0.2, 0.25) is 0 Å². The second-order valence-corrected chi connectivity index (χ2v) is 5.65. The van der Waals surface area contributed by atoms with Crippen LogP contribution in [0, 0.1) is 0 Å². The van der Waals surface area contributed by atoms with Crippen molar-refractivity contribution in [2.75, 3.05) is 6.54 Å². The molecule has 0 radical (unpaired) electrons. The number of rotatable bonds is 3. The minimum absolute atomic E-state index is 0.118. The van der Waals surface area contributed by atoms with E-state index < -0.39 is 23.4 Å². The van der Waals surface area contributed by atoms with Crippen molar-refractivity contribution in [3.05, 3.63) is 29.8 Å². The minimum atomic E-state index is -4.51. The Morgan fingerprint density at radius 2 is 1.95 bits per heavy atom. The number of amides is 1. The number of carbonyl (C=O) groups is 2. The van der Waals surface area contributed by atoms with Gasteiger partial charge in [-0.3, -0.25) is 4.79 Å². The lowest BCUT2D eigenvalue weighted by Gasteiger charge is -2.22. The van der Waals surface area contributed by atoms with Gasteiger partial charge in [0.1, 0.15) is 6.04 Å². The van der Waals surface area contributed by atoms with Gasteiger partial charge in [0.05, 0.1) is 5.56 Å². The molecule has 0 bridgehead atoms. The third-order valence-electron chi connectivity index (χ3n) is 3.14. The molecule has 2 rings (SSSR count). The highest BCUT2D eigenvalue weighted by Crippen LogP contribution is 2.39. The maximum atomic E-state index is 12.5. The van der Waals surface area contributed by atoms with Crippen LogP contribution in [0.3, 0.4) is 0 Å². The van der Waals surface area contributed by atoms with Gasteiger partial charge in [-0.15, -0.1) is 0 Å². The summed E-state index contributed by atoms with van der Waals surface area (Å²) in [7, 11) is 0. The first-order valence-corrected chi connectivity index (χ1v) is 7.00. The number of halogens is 3. The summed E-state index contributed by atoms with van der Waals surface area (Å²) in [4.78, 5) is 24.3. The van der Waals surface area contributed by atoms with E-state index in [2.05, 4.69) is 0 Å². The highest BCUT2D eigenvalue weighted by Gasteiger charge is 2.37. The van der Waals surface area contributed by atoms with Crippen LogP contribution in [0.2, 0.25) is 0 Å². The maximum absolute atomic E-state index is 12.5. The molecule has 1 N–H and O–H groups in total. The molecule has 0 unspecified atom stereocenters. The van der Waals surface area contributed by atoms with Gasteiger partial charge in [-0.2, -0.15) is 13.2 Å². The molecule has 1 saturated heterocycles. The molecule has 1 fully saturated rings. The second-order valence-electron chi connectivity index (χ2n) is 4.54. The van der Waals surface area contributed by atoms with E-state index in [9.17, 15) is 22.8 Å². The van der Waals surface area contributed by atoms with Crippen molar-refractivity contribution in [1.82, 2.24) is 4.90 Å². The van der Waals surface area contributed by atoms with E-state index >= 15 is 0 Å². The Hall–Kier alpha value is -1.70. The standard InChI is InChI=1S/C13H12F3NO3S/c14-13(15,16)21-10-6-2-1-4-8(10)11(18)17-7-3-5-9(17)12(19)20/h1-2,4,6,9H,3,5,7H2,(H,19,20)/t9-/m1/s1. The Morgan fingerprint density at radius 1 is 1.29 bits per heavy atom. The number of carbonyl (C=O) groups excluding carboxylic acids is 1. The third-order valence-corrected chi connectivity index (χ3v) is 3.95. The molecular formula is C13H12F3NO3S. The van der Waals surface area contributed by atoms with Crippen molar-refractivity contribution in [2.45, 2.75) is 29.3 Å². The fraction of sp³-hybridized carbons (Fsp3) is 0.385. The van der Waals surface area contributed by atoms with E-state index in [4.69, 9.17) is 5.11 Å². The number of aliphatic carboxylic acids is 1. The number of hydrogen-bond donors (Lipinski definition) is 1. The molecule has 0 aromatic heterocycles. The third kappa shape index (κ3) is 3.69. The van der Waals surface area contributed by atoms with Crippen LogP contribution < -0.4 is 0 Å². The number of thioether (sulfide) groups is 1. The van der Waals surface area contributed by atoms with Crippen LogP contribution in [0.5, 0.6) is 0 Å². The Labute approximate surface area is 122 Å². The van der Waals surface area contributed by atoms with Gasteiger partial charge >= 0.3 is 11.5 Å². The molecule has 1 atom stereocenters. The van der Waals surface area contributed by atoms with Crippen molar-refractivity contribution in [3.63, 3.8) is 0 Å². The average Bonchev–Trinajstić information content (AvgIpc) is 2.86. The van der Waals surface area contributed by atoms with Gasteiger partial charge in [0.25, 0.3) is 5.91 Å². The normalized spacial score (nSPS) is 18.8. The van der Waals surface area contributed by atoms with E-state index in [0.29, 0.717) is 12.8 Å². The molecule has 21 heavy (non-hydrogen) atoms. The smallest absolute Gasteiger partial charge is 0.446 e. The molecule has 4 nitrogen and oxygen atoms in total. The second kappa shape index (κ2) is 5.97.